The van der Waals surface area contributed by atoms with Gasteiger partial charge in [0.25, 0.3) is 5.56 Å². The number of aromatic amines is 1. The maximum atomic E-state index is 13.2. The van der Waals surface area contributed by atoms with Gasteiger partial charge in [0.05, 0.1) is 11.3 Å². The number of carbonyl (C=O) groups is 1. The number of hydrogen-bond acceptors (Lipinski definition) is 5. The first-order valence-corrected chi connectivity index (χ1v) is 11.4. The molecule has 1 saturated heterocycles. The molecule has 1 aliphatic rings. The van der Waals surface area contributed by atoms with Crippen molar-refractivity contribution in [3.63, 3.8) is 0 Å². The third-order valence-corrected chi connectivity index (χ3v) is 7.67. The van der Waals surface area contributed by atoms with Crippen LogP contribution in [0.3, 0.4) is 0 Å². The van der Waals surface area contributed by atoms with Crippen LogP contribution < -0.4 is 5.56 Å². The summed E-state index contributed by atoms with van der Waals surface area (Å²) in [5.41, 5.74) is 3.07. The van der Waals surface area contributed by atoms with Gasteiger partial charge in [-0.15, -0.1) is 0 Å². The lowest BCUT2D eigenvalue weighted by Gasteiger charge is -2.34. The Balaban J connectivity index is 1.72. The van der Waals surface area contributed by atoms with Crippen LogP contribution in [0.5, 0.6) is 0 Å². The molecule has 0 saturated carbocycles. The number of benzene rings is 1. The molecule has 0 radical (unpaired) electrons. The molecule has 9 heteroatoms. The van der Waals surface area contributed by atoms with E-state index in [1.54, 1.807) is 18.7 Å². The van der Waals surface area contributed by atoms with Crippen molar-refractivity contribution in [2.45, 2.75) is 45.9 Å². The van der Waals surface area contributed by atoms with Gasteiger partial charge in [0.15, 0.2) is 0 Å². The van der Waals surface area contributed by atoms with Crippen molar-refractivity contribution in [1.82, 2.24) is 19.2 Å². The summed E-state index contributed by atoms with van der Waals surface area (Å²) in [4.78, 5) is 33.7. The van der Waals surface area contributed by atoms with E-state index in [1.807, 2.05) is 32.9 Å². The number of nitrogens with one attached hydrogen (secondary N) is 1. The smallest absolute Gasteiger partial charge is 0.254 e. The van der Waals surface area contributed by atoms with Gasteiger partial charge in [0.2, 0.25) is 15.9 Å². The second-order valence-electron chi connectivity index (χ2n) is 7.90. The zero-order chi connectivity index (χ0) is 22.2. The van der Waals surface area contributed by atoms with Gasteiger partial charge in [0.1, 0.15) is 5.82 Å². The minimum Gasteiger partial charge on any atom is -0.340 e. The number of aryl methyl sites for hydroxylation is 5. The quantitative estimate of drug-likeness (QED) is 0.786. The molecule has 162 valence electrons. The maximum Gasteiger partial charge on any atom is 0.254 e. The summed E-state index contributed by atoms with van der Waals surface area (Å²) in [5, 5.41) is 0. The van der Waals surface area contributed by atoms with E-state index in [0.717, 1.165) is 16.7 Å². The van der Waals surface area contributed by atoms with Gasteiger partial charge in [-0.05, 0) is 45.7 Å². The van der Waals surface area contributed by atoms with Gasteiger partial charge in [-0.1, -0.05) is 17.7 Å². The second-order valence-corrected chi connectivity index (χ2v) is 9.78. The van der Waals surface area contributed by atoms with Crippen molar-refractivity contribution >= 4 is 15.9 Å². The first-order chi connectivity index (χ1) is 14.0. The van der Waals surface area contributed by atoms with Crippen LogP contribution in [-0.2, 0) is 21.2 Å². The fourth-order valence-corrected chi connectivity index (χ4v) is 5.94. The third-order valence-electron chi connectivity index (χ3n) is 5.46. The van der Waals surface area contributed by atoms with Crippen molar-refractivity contribution < 1.29 is 13.2 Å². The average Bonchev–Trinajstić information content (AvgIpc) is 2.63. The van der Waals surface area contributed by atoms with Gasteiger partial charge in [0, 0.05) is 37.4 Å². The number of piperazine rings is 1. The molecule has 8 nitrogen and oxygen atoms in total. The number of amides is 1. The van der Waals surface area contributed by atoms with Gasteiger partial charge >= 0.3 is 0 Å². The lowest BCUT2D eigenvalue weighted by atomic mass is 10.1. The number of aromatic nitrogens is 2. The Bertz CT molecular complexity index is 1120. The maximum absolute atomic E-state index is 13.2. The molecule has 0 unspecified atom stereocenters. The molecule has 1 N–H and O–H groups in total. The number of hydrogen-bond donors (Lipinski definition) is 1. The van der Waals surface area contributed by atoms with E-state index in [0.29, 0.717) is 22.0 Å². The minimum atomic E-state index is -3.64. The molecule has 2 heterocycles. The highest BCUT2D eigenvalue weighted by Gasteiger charge is 2.32. The SMILES string of the molecule is Cc1cc(C)c(S(=O)(=O)N2CCN(C(=O)Cc3c(C)nc(C)[nH]c3=O)CC2)c(C)c1. The van der Waals surface area contributed by atoms with Crippen molar-refractivity contribution in [1.29, 1.82) is 0 Å². The Kier molecular flexibility index (Phi) is 6.14. The Labute approximate surface area is 177 Å². The van der Waals surface area contributed by atoms with Crippen LogP contribution in [0.4, 0.5) is 0 Å². The van der Waals surface area contributed by atoms with E-state index in [1.165, 1.54) is 4.31 Å². The molecule has 1 aliphatic heterocycles. The Morgan fingerprint density at radius 1 is 1.03 bits per heavy atom. The fourth-order valence-electron chi connectivity index (χ4n) is 4.10. The number of sulfonamides is 1. The molecule has 1 aromatic heterocycles. The highest BCUT2D eigenvalue weighted by molar-refractivity contribution is 7.89. The highest BCUT2D eigenvalue weighted by atomic mass is 32.2. The van der Waals surface area contributed by atoms with Crippen molar-refractivity contribution in [3.05, 3.63) is 56.3 Å². The number of carbonyl (C=O) groups excluding carboxylic acids is 1. The molecule has 1 aromatic carbocycles. The van der Waals surface area contributed by atoms with E-state index in [4.69, 9.17) is 0 Å². The molecule has 1 amide bonds. The first-order valence-electron chi connectivity index (χ1n) is 9.93. The Morgan fingerprint density at radius 2 is 1.60 bits per heavy atom. The van der Waals surface area contributed by atoms with Crippen LogP contribution in [0.1, 0.15) is 33.8 Å². The summed E-state index contributed by atoms with van der Waals surface area (Å²) < 4.78 is 27.8. The second kappa shape index (κ2) is 8.31. The summed E-state index contributed by atoms with van der Waals surface area (Å²) in [7, 11) is -3.64. The molecule has 2 aromatic rings. The summed E-state index contributed by atoms with van der Waals surface area (Å²) in [6.45, 7) is 9.99. The average molecular weight is 433 g/mol. The van der Waals surface area contributed by atoms with Crippen LogP contribution in [0.2, 0.25) is 0 Å². The molecule has 1 fully saturated rings. The van der Waals surface area contributed by atoms with Crippen molar-refractivity contribution in [2.24, 2.45) is 0 Å². The molecule has 0 spiro atoms. The molecule has 0 atom stereocenters. The van der Waals surface area contributed by atoms with Crippen LogP contribution in [0.15, 0.2) is 21.8 Å². The van der Waals surface area contributed by atoms with Gasteiger partial charge in [-0.2, -0.15) is 4.31 Å². The highest BCUT2D eigenvalue weighted by Crippen LogP contribution is 2.26. The van der Waals surface area contributed by atoms with Gasteiger partial charge < -0.3 is 9.88 Å². The van der Waals surface area contributed by atoms with Gasteiger partial charge in [-0.3, -0.25) is 9.59 Å². The van der Waals surface area contributed by atoms with Crippen molar-refractivity contribution in [3.8, 4) is 0 Å². The summed E-state index contributed by atoms with van der Waals surface area (Å²) in [6.07, 6.45) is -0.0443. The summed E-state index contributed by atoms with van der Waals surface area (Å²) in [6, 6.07) is 3.74. The first kappa shape index (κ1) is 22.2. The standard InChI is InChI=1S/C21H28N4O4S/c1-13-10-14(2)20(15(3)11-13)30(28,29)25-8-6-24(7-9-25)19(26)12-18-16(4)22-17(5)23-21(18)27/h10-11H,6-9,12H2,1-5H3,(H,22,23,27). The fraction of sp³-hybridized carbons (Fsp3) is 0.476. The van der Waals surface area contributed by atoms with E-state index >= 15 is 0 Å². The van der Waals surface area contributed by atoms with Gasteiger partial charge in [-0.25, -0.2) is 13.4 Å². The molecule has 0 aliphatic carbocycles. The largest absolute Gasteiger partial charge is 0.340 e. The van der Waals surface area contributed by atoms with Crippen LogP contribution >= 0.6 is 0 Å². The Hall–Kier alpha value is -2.52. The molecule has 30 heavy (non-hydrogen) atoms. The van der Waals surface area contributed by atoms with Crippen LogP contribution in [-0.4, -0.2) is 59.7 Å². The van der Waals surface area contributed by atoms with E-state index < -0.39 is 10.0 Å². The zero-order valence-electron chi connectivity index (χ0n) is 18.1. The number of H-pyrrole nitrogens is 1. The molecule has 0 bridgehead atoms. The lowest BCUT2D eigenvalue weighted by Crippen LogP contribution is -2.51. The minimum absolute atomic E-state index is 0.0443. The molecule has 3 rings (SSSR count). The lowest BCUT2D eigenvalue weighted by molar-refractivity contribution is -0.131. The topological polar surface area (TPSA) is 103 Å². The van der Waals surface area contributed by atoms with Crippen molar-refractivity contribution in [2.75, 3.05) is 26.2 Å². The predicted octanol–water partition coefficient (Wildman–Crippen LogP) is 1.39. The number of nitrogens with zero attached hydrogens (tertiary/aromatic N) is 3. The molecular formula is C21H28N4O4S. The predicted molar refractivity (Wildman–Crippen MR) is 114 cm³/mol. The van der Waals surface area contributed by atoms with Crippen LogP contribution in [0.25, 0.3) is 0 Å². The van der Waals surface area contributed by atoms with E-state index in [-0.39, 0.29) is 44.1 Å². The Morgan fingerprint density at radius 3 is 2.13 bits per heavy atom. The summed E-state index contributed by atoms with van der Waals surface area (Å²) in [5.74, 6) is 0.309. The summed E-state index contributed by atoms with van der Waals surface area (Å²) >= 11 is 0. The number of rotatable bonds is 4. The van der Waals surface area contributed by atoms with E-state index in [2.05, 4.69) is 9.97 Å². The van der Waals surface area contributed by atoms with E-state index in [9.17, 15) is 18.0 Å². The zero-order valence-corrected chi connectivity index (χ0v) is 18.9. The third kappa shape index (κ3) is 4.32. The normalized spacial score (nSPS) is 15.4. The molecular weight excluding hydrogens is 404 g/mol. The monoisotopic (exact) mass is 432 g/mol. The van der Waals surface area contributed by atoms with Crippen LogP contribution in [0, 0.1) is 34.6 Å².